The van der Waals surface area contributed by atoms with E-state index >= 15 is 0 Å². The number of rotatable bonds is 18. The molecule has 0 aliphatic rings. The van der Waals surface area contributed by atoms with Crippen LogP contribution in [0.1, 0.15) is 93.9 Å². The molecule has 0 amide bonds. The monoisotopic (exact) mass is 804 g/mol. The van der Waals surface area contributed by atoms with E-state index in [0.717, 1.165) is 44.1 Å². The van der Waals surface area contributed by atoms with Gasteiger partial charge in [-0.3, -0.25) is 39.4 Å². The molecule has 0 saturated carbocycles. The van der Waals surface area contributed by atoms with Crippen LogP contribution in [0.2, 0.25) is 0 Å². The van der Waals surface area contributed by atoms with Crippen molar-refractivity contribution in [2.75, 3.05) is 13.2 Å². The minimum Gasteiger partial charge on any atom is -0.489 e. The first-order chi connectivity index (χ1) is 27.6. The third-order valence-corrected chi connectivity index (χ3v) is 8.87. The fraction of sp³-hybridized carbons (Fsp3) is 0.429. The molecule has 2 aromatic carbocycles. The number of hydrogen-bond acceptors (Lipinski definition) is 12. The molecule has 0 atom stereocenters. The summed E-state index contributed by atoms with van der Waals surface area (Å²) in [5.74, 6) is -1.43. The number of fused-ring (bicyclic) bond motifs is 2. The summed E-state index contributed by atoms with van der Waals surface area (Å²) in [6, 6.07) is 8.36. The second-order valence-corrected chi connectivity index (χ2v) is 13.6. The average Bonchev–Trinajstić information content (AvgIpc) is 3.16. The summed E-state index contributed by atoms with van der Waals surface area (Å²) in [6.45, 7) is 15.1. The number of pyridine rings is 2. The Kier molecular flexibility index (Phi) is 17.3. The summed E-state index contributed by atoms with van der Waals surface area (Å²) in [6.07, 6.45) is 9.77. The first kappa shape index (κ1) is 46.1. The lowest BCUT2D eigenvalue weighted by molar-refractivity contribution is -0.384. The number of ether oxygens (including phenoxy) is 4. The van der Waals surface area contributed by atoms with Crippen LogP contribution in [0.15, 0.2) is 69.3 Å². The molecule has 0 aliphatic carbocycles. The highest BCUT2D eigenvalue weighted by molar-refractivity contribution is 5.91. The van der Waals surface area contributed by atoms with Gasteiger partial charge in [0.1, 0.15) is 6.61 Å². The van der Waals surface area contributed by atoms with Crippen LogP contribution in [-0.2, 0) is 22.7 Å². The van der Waals surface area contributed by atoms with Gasteiger partial charge in [-0.05, 0) is 72.1 Å². The third kappa shape index (κ3) is 12.1. The molecule has 0 N–H and O–H groups in total. The van der Waals surface area contributed by atoms with Gasteiger partial charge in [-0.15, -0.1) is 0 Å². The molecule has 0 saturated heterocycles. The Morgan fingerprint density at radius 2 is 1.16 bits per heavy atom. The van der Waals surface area contributed by atoms with Crippen molar-refractivity contribution in [3.8, 4) is 23.0 Å². The highest BCUT2D eigenvalue weighted by Crippen LogP contribution is 2.36. The number of aryl methyl sites for hydroxylation is 2. The van der Waals surface area contributed by atoms with E-state index in [0.29, 0.717) is 28.4 Å². The van der Waals surface area contributed by atoms with E-state index in [4.69, 9.17) is 18.9 Å². The van der Waals surface area contributed by atoms with Gasteiger partial charge in [0.05, 0.1) is 27.5 Å². The molecule has 58 heavy (non-hydrogen) atoms. The molecule has 4 aromatic rings. The van der Waals surface area contributed by atoms with Crippen LogP contribution in [0.3, 0.4) is 0 Å². The van der Waals surface area contributed by atoms with Crippen molar-refractivity contribution < 1.29 is 38.4 Å². The van der Waals surface area contributed by atoms with Gasteiger partial charge in [0, 0.05) is 62.0 Å². The Morgan fingerprint density at radius 3 is 1.57 bits per heavy atom. The minimum absolute atomic E-state index is 0.100. The highest BCUT2D eigenvalue weighted by atomic mass is 16.6. The topological polar surface area (TPSA) is 201 Å². The molecule has 16 nitrogen and oxygen atoms in total. The molecule has 0 unspecified atom stereocenters. The molecule has 2 aromatic heterocycles. The summed E-state index contributed by atoms with van der Waals surface area (Å²) < 4.78 is 24.7. The quantitative estimate of drug-likeness (QED) is 0.0305. The van der Waals surface area contributed by atoms with E-state index in [1.807, 2.05) is 26.8 Å². The van der Waals surface area contributed by atoms with E-state index in [2.05, 4.69) is 13.0 Å². The number of hydrogen-bond donors (Lipinski definition) is 0. The van der Waals surface area contributed by atoms with Crippen molar-refractivity contribution in [3.63, 3.8) is 0 Å². The van der Waals surface area contributed by atoms with Gasteiger partial charge < -0.3 is 28.1 Å². The third-order valence-electron chi connectivity index (χ3n) is 8.87. The van der Waals surface area contributed by atoms with E-state index < -0.39 is 32.9 Å². The fourth-order valence-corrected chi connectivity index (χ4v) is 6.04. The van der Waals surface area contributed by atoms with Crippen LogP contribution in [0.4, 0.5) is 11.4 Å². The number of allylic oxidation sites excluding steroid dienone is 3. The Balaban J connectivity index is 0.000000313. The number of carbonyl (C=O) groups is 2. The van der Waals surface area contributed by atoms with Gasteiger partial charge >= 0.3 is 11.9 Å². The van der Waals surface area contributed by atoms with Crippen LogP contribution >= 0.6 is 0 Å². The van der Waals surface area contributed by atoms with E-state index in [9.17, 15) is 39.4 Å². The standard InChI is InChI=1S/C23H28N2O6.C19H24N2O6/c1-6-24-20-14-18(25(28)29)10-11-19(20)21(22(23(24)27)31-17(5)26)30-13-12-16(4)9-7-8-15(2)3;1-4-6-7-8-11-26-17-15-10-9-14(21(24)25)12-16(15)20(5-2)19(23)18(17)27-13(3)22/h8,10-12,14H,6-7,9,13H2,1-5H3;9-10,12H,4-8,11H2,1-3H3/b16-12+;. The second-order valence-electron chi connectivity index (χ2n) is 13.6. The zero-order chi connectivity index (χ0) is 43.1. The van der Waals surface area contributed by atoms with Gasteiger partial charge in [0.2, 0.25) is 11.5 Å². The van der Waals surface area contributed by atoms with Crippen molar-refractivity contribution in [2.24, 2.45) is 0 Å². The number of nitro benzene ring substituents is 2. The number of benzene rings is 2. The minimum atomic E-state index is -0.653. The van der Waals surface area contributed by atoms with Crippen molar-refractivity contribution in [3.05, 3.63) is 101 Å². The molecule has 4 rings (SSSR count). The van der Waals surface area contributed by atoms with Crippen molar-refractivity contribution >= 4 is 45.1 Å². The second kappa shape index (κ2) is 21.8. The number of carbonyl (C=O) groups excluding carboxylic acids is 2. The van der Waals surface area contributed by atoms with Gasteiger partial charge in [0.15, 0.2) is 11.5 Å². The SMILES string of the molecule is CCCCCCOc1c(OC(C)=O)c(=O)n(CC)c2cc([N+](=O)[O-])ccc12.CCn1c(=O)c(OC(C)=O)c(OC/C=C(\C)CCC=C(C)C)c2ccc([N+](=O)[O-])cc21. The van der Waals surface area contributed by atoms with Crippen LogP contribution in [0.5, 0.6) is 23.0 Å². The lowest BCUT2D eigenvalue weighted by Crippen LogP contribution is -2.24. The van der Waals surface area contributed by atoms with Gasteiger partial charge in [-0.25, -0.2) is 0 Å². The molecule has 0 spiro atoms. The van der Waals surface area contributed by atoms with E-state index in [1.165, 1.54) is 65.0 Å². The smallest absolute Gasteiger partial charge is 0.308 e. The van der Waals surface area contributed by atoms with Gasteiger partial charge in [-0.2, -0.15) is 0 Å². The fourth-order valence-electron chi connectivity index (χ4n) is 6.04. The van der Waals surface area contributed by atoms with Crippen LogP contribution < -0.4 is 30.1 Å². The molecule has 312 valence electrons. The Labute approximate surface area is 336 Å². The molecule has 0 fully saturated rings. The molecule has 0 radical (unpaired) electrons. The summed E-state index contributed by atoms with van der Waals surface area (Å²) in [7, 11) is 0. The first-order valence-corrected chi connectivity index (χ1v) is 19.2. The largest absolute Gasteiger partial charge is 0.489 e. The van der Waals surface area contributed by atoms with E-state index in [1.54, 1.807) is 13.8 Å². The van der Waals surface area contributed by atoms with Crippen molar-refractivity contribution in [1.29, 1.82) is 0 Å². The molecule has 16 heteroatoms. The number of non-ortho nitro benzene ring substituents is 2. The van der Waals surface area contributed by atoms with Crippen LogP contribution in [0, 0.1) is 20.2 Å². The van der Waals surface area contributed by atoms with Gasteiger partial charge in [-0.1, -0.05) is 43.4 Å². The molecular formula is C42H52N4O12. The highest BCUT2D eigenvalue weighted by Gasteiger charge is 2.24. The molecular weight excluding hydrogens is 752 g/mol. The summed E-state index contributed by atoms with van der Waals surface area (Å²) >= 11 is 0. The molecule has 0 bridgehead atoms. The lowest BCUT2D eigenvalue weighted by atomic mass is 10.1. The number of nitrogens with zero attached hydrogens (tertiary/aromatic N) is 4. The number of unbranched alkanes of at least 4 members (excludes halogenated alkanes) is 3. The average molecular weight is 805 g/mol. The molecule has 0 aliphatic heterocycles. The maximum Gasteiger partial charge on any atom is 0.308 e. The summed E-state index contributed by atoms with van der Waals surface area (Å²) in [5, 5.41) is 23.3. The predicted octanol–water partition coefficient (Wildman–Crippen LogP) is 8.74. The predicted molar refractivity (Wildman–Crippen MR) is 221 cm³/mol. The Bertz CT molecular complexity index is 2340. The number of esters is 2. The van der Waals surface area contributed by atoms with E-state index in [-0.39, 0.29) is 54.1 Å². The van der Waals surface area contributed by atoms with Crippen molar-refractivity contribution in [2.45, 2.75) is 107 Å². The number of aromatic nitrogens is 2. The zero-order valence-corrected chi connectivity index (χ0v) is 34.4. The molecule has 2 heterocycles. The first-order valence-electron chi connectivity index (χ1n) is 19.2. The van der Waals surface area contributed by atoms with Crippen LogP contribution in [-0.4, -0.2) is 44.1 Å². The Hall–Kier alpha value is -6.32. The lowest BCUT2D eigenvalue weighted by Gasteiger charge is -2.17. The maximum atomic E-state index is 13.0. The summed E-state index contributed by atoms with van der Waals surface area (Å²) in [5.41, 5.74) is 1.69. The maximum absolute atomic E-state index is 13.0. The Morgan fingerprint density at radius 1 is 0.672 bits per heavy atom. The zero-order valence-electron chi connectivity index (χ0n) is 34.4. The van der Waals surface area contributed by atoms with Crippen molar-refractivity contribution in [1.82, 2.24) is 9.13 Å². The summed E-state index contributed by atoms with van der Waals surface area (Å²) in [4.78, 5) is 70.2. The van der Waals surface area contributed by atoms with Gasteiger partial charge in [0.25, 0.3) is 22.5 Å². The van der Waals surface area contributed by atoms with Crippen LogP contribution in [0.25, 0.3) is 21.8 Å². The normalized spacial score (nSPS) is 11.1. The number of nitro groups is 2.